The van der Waals surface area contributed by atoms with Crippen molar-refractivity contribution in [2.75, 3.05) is 19.5 Å². The summed E-state index contributed by atoms with van der Waals surface area (Å²) in [6.45, 7) is -0.0473. The predicted octanol–water partition coefficient (Wildman–Crippen LogP) is 0.945. The number of fused-ring (bicyclic) bond motifs is 2. The molecule has 2 fully saturated rings. The molecule has 2 aliphatic rings. The first-order chi connectivity index (χ1) is 14.5. The van der Waals surface area contributed by atoms with Crippen molar-refractivity contribution in [2.45, 2.75) is 34.7 Å². The minimum Gasteiger partial charge on any atom is -0.382 e. The lowest BCUT2D eigenvalue weighted by molar-refractivity contribution is -0.0763. The quantitative estimate of drug-likeness (QED) is 0.481. The summed E-state index contributed by atoms with van der Waals surface area (Å²) in [7, 11) is -2.44. The molecule has 1 unspecified atom stereocenters. The smallest absolute Gasteiger partial charge is 0.382 e. The molecule has 0 saturated carbocycles. The number of hydrogen-bond donors (Lipinski definition) is 3. The van der Waals surface area contributed by atoms with E-state index in [0.717, 1.165) is 0 Å². The molecule has 4 atom stereocenters. The molecule has 2 aliphatic heterocycles. The maximum atomic E-state index is 9.85. The van der Waals surface area contributed by atoms with E-state index >= 15 is 0 Å². The zero-order valence-electron chi connectivity index (χ0n) is 15.6. The number of pyridine rings is 1. The second-order valence-corrected chi connectivity index (χ2v) is 9.03. The van der Waals surface area contributed by atoms with Crippen LogP contribution in [0.25, 0.3) is 11.2 Å². The highest BCUT2D eigenvalue weighted by Gasteiger charge is 2.60. The average Bonchev–Trinajstić information content (AvgIpc) is 3.25. The third-order valence-electron chi connectivity index (χ3n) is 4.78. The minimum atomic E-state index is -3.93. The first-order valence-corrected chi connectivity index (χ1v) is 11.2. The fourth-order valence-electron chi connectivity index (χ4n) is 3.50. The second kappa shape index (κ2) is 7.62. The Morgan fingerprint density at radius 1 is 1.30 bits per heavy atom. The topological polar surface area (TPSA) is 160 Å². The van der Waals surface area contributed by atoms with Crippen molar-refractivity contribution in [3.8, 4) is 0 Å². The monoisotopic (exact) mass is 453 g/mol. The molecule has 0 aromatic carbocycles. The number of hydrogen-bond acceptors (Lipinski definition) is 12. The van der Waals surface area contributed by atoms with Gasteiger partial charge >= 0.3 is 8.17 Å². The van der Waals surface area contributed by atoms with Crippen molar-refractivity contribution in [1.29, 1.82) is 0 Å². The van der Waals surface area contributed by atoms with Gasteiger partial charge in [-0.2, -0.15) is 14.3 Å². The third kappa shape index (κ3) is 3.43. The summed E-state index contributed by atoms with van der Waals surface area (Å²) in [5.41, 5.74) is 6.88. The van der Waals surface area contributed by atoms with Gasteiger partial charge in [-0.05, 0) is 23.9 Å². The van der Waals surface area contributed by atoms with Crippen LogP contribution >= 0.6 is 19.9 Å². The number of imidazole rings is 1. The van der Waals surface area contributed by atoms with Crippen molar-refractivity contribution in [3.05, 3.63) is 30.7 Å². The fraction of sp³-hybridized carbons (Fsp3) is 0.375. The summed E-state index contributed by atoms with van der Waals surface area (Å²) >= 11 is 1.30. The predicted molar refractivity (Wildman–Crippen MR) is 105 cm³/mol. The lowest BCUT2D eigenvalue weighted by atomic mass is 10.1. The number of nitrogen functional groups attached to an aromatic ring is 1. The van der Waals surface area contributed by atoms with E-state index < -0.39 is 32.7 Å². The van der Waals surface area contributed by atoms with Gasteiger partial charge in [0.25, 0.3) is 0 Å². The number of rotatable bonds is 4. The van der Waals surface area contributed by atoms with Gasteiger partial charge < -0.3 is 15.2 Å². The number of anilines is 1. The van der Waals surface area contributed by atoms with Crippen LogP contribution in [0.15, 0.2) is 40.9 Å². The maximum absolute atomic E-state index is 9.85. The highest BCUT2D eigenvalue weighted by Crippen LogP contribution is 2.59. The first kappa shape index (κ1) is 20.0. The van der Waals surface area contributed by atoms with Crippen LogP contribution in [0.2, 0.25) is 0 Å². The molecule has 4 N–H and O–H groups in total. The molecule has 3 aromatic heterocycles. The normalized spacial score (nSPS) is 28.0. The van der Waals surface area contributed by atoms with E-state index in [-0.39, 0.29) is 12.4 Å². The van der Waals surface area contributed by atoms with Crippen LogP contribution in [-0.2, 0) is 18.5 Å². The Labute approximate surface area is 175 Å². The Morgan fingerprint density at radius 3 is 2.93 bits per heavy atom. The molecule has 0 aliphatic carbocycles. The van der Waals surface area contributed by atoms with Gasteiger partial charge in [-0.1, -0.05) is 6.07 Å². The fourth-order valence-corrected chi connectivity index (χ4v) is 5.34. The highest BCUT2D eigenvalue weighted by molar-refractivity contribution is 7.99. The molecule has 0 radical (unpaired) electrons. The summed E-state index contributed by atoms with van der Waals surface area (Å²) < 4.78 is 23.9. The van der Waals surface area contributed by atoms with E-state index in [4.69, 9.17) is 24.3 Å². The molecule has 158 valence electrons. The van der Waals surface area contributed by atoms with E-state index in [9.17, 15) is 9.79 Å². The number of nitrogens with two attached hydrogens (primary N) is 1. The molecule has 14 heteroatoms. The van der Waals surface area contributed by atoms with E-state index in [2.05, 4.69) is 19.9 Å². The standard InChI is InChI=1S/C16H18N6O6PS/c1-25-12-11-8(6-26-29(23,24)28-11)27-15(12)22-14-10(13(17)19-7-20-14)21-16(22)30-9-4-2-3-5-18-9/h2-5,7-8,11-12,15,23-24H,6H2,1H3,(H2,17,19,20)/q+1/t8-,11-,12?,15+/m0/s1. The van der Waals surface area contributed by atoms with Crippen LogP contribution in [0.3, 0.4) is 0 Å². The number of methoxy groups -OCH3 is 1. The Bertz CT molecular complexity index is 1070. The number of ether oxygens (including phenoxy) is 2. The molecule has 30 heavy (non-hydrogen) atoms. The molecule has 0 spiro atoms. The van der Waals surface area contributed by atoms with Gasteiger partial charge in [0.15, 0.2) is 34.5 Å². The van der Waals surface area contributed by atoms with Crippen molar-refractivity contribution in [2.24, 2.45) is 0 Å². The molecule has 5 rings (SSSR count). The van der Waals surface area contributed by atoms with Gasteiger partial charge in [0.1, 0.15) is 30.2 Å². The van der Waals surface area contributed by atoms with Crippen LogP contribution in [-0.4, -0.2) is 66.3 Å². The van der Waals surface area contributed by atoms with Gasteiger partial charge in [-0.25, -0.2) is 19.9 Å². The van der Waals surface area contributed by atoms with E-state index in [1.807, 2.05) is 18.2 Å². The van der Waals surface area contributed by atoms with Gasteiger partial charge in [0, 0.05) is 13.3 Å². The highest BCUT2D eigenvalue weighted by atomic mass is 32.2. The lowest BCUT2D eigenvalue weighted by Crippen LogP contribution is -2.41. The molecular formula is C16H18N6O6PS+. The molecular weight excluding hydrogens is 435 g/mol. The average molecular weight is 453 g/mol. The van der Waals surface area contributed by atoms with Gasteiger partial charge in [-0.3, -0.25) is 4.57 Å². The summed E-state index contributed by atoms with van der Waals surface area (Å²) in [6, 6.07) is 5.53. The summed E-state index contributed by atoms with van der Waals surface area (Å²) in [5, 5.41) is 1.22. The third-order valence-corrected chi connectivity index (χ3v) is 6.71. The van der Waals surface area contributed by atoms with Crippen molar-refractivity contribution in [3.63, 3.8) is 0 Å². The Hall–Kier alpha value is -1.96. The van der Waals surface area contributed by atoms with Crippen LogP contribution in [0, 0.1) is 0 Å². The second-order valence-electron chi connectivity index (χ2n) is 6.59. The van der Waals surface area contributed by atoms with Crippen molar-refractivity contribution >= 4 is 36.9 Å². The lowest BCUT2D eigenvalue weighted by Gasteiger charge is -2.26. The number of aromatic nitrogens is 5. The van der Waals surface area contributed by atoms with E-state index in [1.165, 1.54) is 25.2 Å². The van der Waals surface area contributed by atoms with Gasteiger partial charge in [-0.15, -0.1) is 4.52 Å². The molecule has 12 nitrogen and oxygen atoms in total. The van der Waals surface area contributed by atoms with E-state index in [0.29, 0.717) is 21.3 Å². The van der Waals surface area contributed by atoms with Gasteiger partial charge in [0.05, 0.1) is 0 Å². The van der Waals surface area contributed by atoms with Crippen LogP contribution in [0.5, 0.6) is 0 Å². The van der Waals surface area contributed by atoms with Crippen LogP contribution in [0.1, 0.15) is 6.23 Å². The first-order valence-electron chi connectivity index (χ1n) is 8.90. The summed E-state index contributed by atoms with van der Waals surface area (Å²) in [4.78, 5) is 37.0. The maximum Gasteiger partial charge on any atom is 0.570 e. The molecule has 0 amide bonds. The largest absolute Gasteiger partial charge is 0.570 e. The Morgan fingerprint density at radius 2 is 2.17 bits per heavy atom. The Kier molecular flexibility index (Phi) is 5.08. The number of nitrogens with zero attached hydrogens (tertiary/aromatic N) is 5. The van der Waals surface area contributed by atoms with Crippen molar-refractivity contribution < 1.29 is 28.3 Å². The molecule has 2 saturated heterocycles. The molecule has 0 bridgehead atoms. The minimum absolute atomic E-state index is 0.0473. The van der Waals surface area contributed by atoms with Gasteiger partial charge in [0.2, 0.25) is 0 Å². The van der Waals surface area contributed by atoms with Crippen LogP contribution in [0.4, 0.5) is 5.82 Å². The molecule has 3 aromatic rings. The summed E-state index contributed by atoms with van der Waals surface area (Å²) in [5.74, 6) is 0.223. The SMILES string of the molecule is COC1[C@H]2O[P+](O)(O)OC[C@@H]2O[C@H]1n1c(Sc2ccccn2)nc2c(N)ncnc21. The zero-order chi connectivity index (χ0) is 20.9. The van der Waals surface area contributed by atoms with Crippen LogP contribution < -0.4 is 5.73 Å². The van der Waals surface area contributed by atoms with Crippen molar-refractivity contribution in [1.82, 2.24) is 24.5 Å². The summed E-state index contributed by atoms with van der Waals surface area (Å²) in [6.07, 6.45) is 0.274. The zero-order valence-corrected chi connectivity index (χ0v) is 17.3. The molecule has 5 heterocycles. The van der Waals surface area contributed by atoms with E-state index in [1.54, 1.807) is 10.8 Å². The Balaban J connectivity index is 1.60.